The first-order valence-electron chi connectivity index (χ1n) is 7.59. The lowest BCUT2D eigenvalue weighted by molar-refractivity contribution is 0.802. The average Bonchev–Trinajstić information content (AvgIpc) is 2.50. The highest BCUT2D eigenvalue weighted by Crippen LogP contribution is 2.24. The van der Waals surface area contributed by atoms with E-state index in [0.717, 1.165) is 43.0 Å². The first-order valence-corrected chi connectivity index (χ1v) is 7.59. The molecule has 0 unspecified atom stereocenters. The topological polar surface area (TPSA) is 55.0 Å². The number of nitrogens with two attached hydrogens (primary N) is 1. The Morgan fingerprint density at radius 2 is 1.90 bits per heavy atom. The number of aromatic nitrogens is 2. The highest BCUT2D eigenvalue weighted by molar-refractivity contribution is 5.60. The zero-order valence-corrected chi connectivity index (χ0v) is 12.9. The summed E-state index contributed by atoms with van der Waals surface area (Å²) in [6.45, 7) is 5.80. The molecule has 2 aromatic rings. The molecule has 0 spiro atoms. The smallest absolute Gasteiger partial charge is 0.136 e. The molecule has 1 heterocycles. The zero-order chi connectivity index (χ0) is 15.1. The second-order valence-electron chi connectivity index (χ2n) is 5.25. The largest absolute Gasteiger partial charge is 0.330 e. The number of anilines is 2. The van der Waals surface area contributed by atoms with Gasteiger partial charge >= 0.3 is 0 Å². The fraction of sp³-hybridized carbons (Fsp3) is 0.412. The van der Waals surface area contributed by atoms with Crippen molar-refractivity contribution >= 4 is 11.5 Å². The lowest BCUT2D eigenvalue weighted by atomic mass is 10.2. The summed E-state index contributed by atoms with van der Waals surface area (Å²) in [5.74, 6) is 0.950. The molecule has 1 aromatic carbocycles. The van der Waals surface area contributed by atoms with Crippen molar-refractivity contribution in [3.8, 4) is 0 Å². The first-order chi connectivity index (χ1) is 10.2. The van der Waals surface area contributed by atoms with Gasteiger partial charge in [0.05, 0.1) is 0 Å². The molecule has 0 aliphatic carbocycles. The van der Waals surface area contributed by atoms with Crippen LogP contribution < -0.4 is 10.6 Å². The predicted octanol–water partition coefficient (Wildman–Crippen LogP) is 3.22. The van der Waals surface area contributed by atoms with Gasteiger partial charge in [-0.05, 0) is 38.4 Å². The van der Waals surface area contributed by atoms with Gasteiger partial charge in [0.15, 0.2) is 0 Å². The van der Waals surface area contributed by atoms with Crippen LogP contribution in [0.25, 0.3) is 0 Å². The van der Waals surface area contributed by atoms with Crippen molar-refractivity contribution in [1.29, 1.82) is 0 Å². The van der Waals surface area contributed by atoms with Crippen LogP contribution >= 0.6 is 0 Å². The van der Waals surface area contributed by atoms with Crippen molar-refractivity contribution in [3.63, 3.8) is 0 Å². The monoisotopic (exact) mass is 284 g/mol. The Morgan fingerprint density at radius 1 is 1.14 bits per heavy atom. The minimum absolute atomic E-state index is 0.676. The zero-order valence-electron chi connectivity index (χ0n) is 12.9. The molecule has 0 atom stereocenters. The molecule has 112 valence electrons. The van der Waals surface area contributed by atoms with Crippen LogP contribution in [0.1, 0.15) is 31.0 Å². The summed E-state index contributed by atoms with van der Waals surface area (Å²) < 4.78 is 0. The molecule has 0 aliphatic rings. The number of nitrogens with zero attached hydrogens (tertiary/aromatic N) is 3. The van der Waals surface area contributed by atoms with Gasteiger partial charge in [-0.3, -0.25) is 0 Å². The third-order valence-electron chi connectivity index (χ3n) is 3.42. The van der Waals surface area contributed by atoms with E-state index in [1.54, 1.807) is 6.33 Å². The maximum absolute atomic E-state index is 5.68. The van der Waals surface area contributed by atoms with Crippen molar-refractivity contribution in [2.24, 2.45) is 5.73 Å². The Kier molecular flexibility index (Phi) is 5.69. The van der Waals surface area contributed by atoms with E-state index in [1.165, 1.54) is 5.56 Å². The molecule has 0 aliphatic heterocycles. The molecule has 4 nitrogen and oxygen atoms in total. The van der Waals surface area contributed by atoms with E-state index in [4.69, 9.17) is 5.73 Å². The van der Waals surface area contributed by atoms with E-state index in [0.29, 0.717) is 6.54 Å². The quantitative estimate of drug-likeness (QED) is 0.848. The average molecular weight is 284 g/mol. The molecular weight excluding hydrogens is 260 g/mol. The summed E-state index contributed by atoms with van der Waals surface area (Å²) in [5, 5.41) is 0. The lowest BCUT2D eigenvalue weighted by Gasteiger charge is -2.24. The van der Waals surface area contributed by atoms with Gasteiger partial charge in [-0.15, -0.1) is 0 Å². The minimum atomic E-state index is 0.676. The van der Waals surface area contributed by atoms with Gasteiger partial charge in [-0.1, -0.05) is 31.0 Å². The fourth-order valence-corrected chi connectivity index (χ4v) is 2.28. The van der Waals surface area contributed by atoms with Gasteiger partial charge < -0.3 is 10.6 Å². The van der Waals surface area contributed by atoms with E-state index in [-0.39, 0.29) is 0 Å². The van der Waals surface area contributed by atoms with Crippen LogP contribution in [-0.2, 0) is 6.42 Å². The summed E-state index contributed by atoms with van der Waals surface area (Å²) in [5.41, 5.74) is 9.17. The van der Waals surface area contributed by atoms with Crippen molar-refractivity contribution in [3.05, 3.63) is 47.9 Å². The first kappa shape index (κ1) is 15.4. The van der Waals surface area contributed by atoms with Crippen LogP contribution in [0.15, 0.2) is 36.7 Å². The molecule has 1 aromatic heterocycles. The number of hydrogen-bond donors (Lipinski definition) is 1. The Balaban J connectivity index is 2.30. The van der Waals surface area contributed by atoms with E-state index in [9.17, 15) is 0 Å². The molecule has 21 heavy (non-hydrogen) atoms. The Labute approximate surface area is 127 Å². The highest BCUT2D eigenvalue weighted by Gasteiger charge is 2.11. The molecule has 2 rings (SSSR count). The highest BCUT2D eigenvalue weighted by atomic mass is 15.2. The second kappa shape index (κ2) is 7.74. The maximum atomic E-state index is 5.68. The SMILES string of the molecule is CCCc1cc(N(CCCN)c2ccc(C)cc2)ncn1. The maximum Gasteiger partial charge on any atom is 0.136 e. The molecule has 0 saturated carbocycles. The van der Waals surface area contributed by atoms with Crippen LogP contribution in [0.5, 0.6) is 0 Å². The Morgan fingerprint density at radius 3 is 2.57 bits per heavy atom. The van der Waals surface area contributed by atoms with E-state index in [2.05, 4.69) is 59.0 Å². The minimum Gasteiger partial charge on any atom is -0.330 e. The van der Waals surface area contributed by atoms with Gasteiger partial charge in [0.1, 0.15) is 12.1 Å². The lowest BCUT2D eigenvalue weighted by Crippen LogP contribution is -2.22. The molecular formula is C17H24N4. The Hall–Kier alpha value is -1.94. The van der Waals surface area contributed by atoms with Gasteiger partial charge in [0.25, 0.3) is 0 Å². The number of hydrogen-bond acceptors (Lipinski definition) is 4. The van der Waals surface area contributed by atoms with E-state index < -0.39 is 0 Å². The van der Waals surface area contributed by atoms with Gasteiger partial charge in [-0.25, -0.2) is 9.97 Å². The van der Waals surface area contributed by atoms with Gasteiger partial charge in [0, 0.05) is 24.0 Å². The third kappa shape index (κ3) is 4.26. The summed E-state index contributed by atoms with van der Waals surface area (Å²) in [6.07, 6.45) is 4.66. The summed E-state index contributed by atoms with van der Waals surface area (Å²) in [6, 6.07) is 10.6. The third-order valence-corrected chi connectivity index (χ3v) is 3.42. The predicted molar refractivity (Wildman–Crippen MR) is 87.9 cm³/mol. The molecule has 0 saturated heterocycles. The summed E-state index contributed by atoms with van der Waals surface area (Å²) in [4.78, 5) is 11.0. The molecule has 2 N–H and O–H groups in total. The number of aryl methyl sites for hydroxylation is 2. The van der Waals surface area contributed by atoms with Crippen LogP contribution in [-0.4, -0.2) is 23.1 Å². The van der Waals surface area contributed by atoms with E-state index >= 15 is 0 Å². The van der Waals surface area contributed by atoms with Crippen molar-refractivity contribution in [1.82, 2.24) is 9.97 Å². The van der Waals surface area contributed by atoms with Crippen molar-refractivity contribution in [2.75, 3.05) is 18.0 Å². The summed E-state index contributed by atoms with van der Waals surface area (Å²) >= 11 is 0. The van der Waals surface area contributed by atoms with Crippen LogP contribution in [0, 0.1) is 6.92 Å². The standard InChI is InChI=1S/C17H24N4/c1-3-5-15-12-17(20-13-19-15)21(11-4-10-18)16-8-6-14(2)7-9-16/h6-9,12-13H,3-5,10-11,18H2,1-2H3. The number of rotatable bonds is 7. The molecule has 0 radical (unpaired) electrons. The Bertz CT molecular complexity index is 551. The molecule has 0 fully saturated rings. The van der Waals surface area contributed by atoms with Crippen molar-refractivity contribution in [2.45, 2.75) is 33.1 Å². The molecule has 4 heteroatoms. The second-order valence-corrected chi connectivity index (χ2v) is 5.25. The van der Waals surface area contributed by atoms with Crippen LogP contribution in [0.3, 0.4) is 0 Å². The van der Waals surface area contributed by atoms with Gasteiger partial charge in [-0.2, -0.15) is 0 Å². The van der Waals surface area contributed by atoms with E-state index in [1.807, 2.05) is 0 Å². The van der Waals surface area contributed by atoms with Crippen LogP contribution in [0.4, 0.5) is 11.5 Å². The number of benzene rings is 1. The fourth-order valence-electron chi connectivity index (χ4n) is 2.28. The molecule has 0 amide bonds. The van der Waals surface area contributed by atoms with Crippen molar-refractivity contribution < 1.29 is 0 Å². The molecule has 0 bridgehead atoms. The summed E-state index contributed by atoms with van der Waals surface area (Å²) in [7, 11) is 0. The van der Waals surface area contributed by atoms with Crippen LogP contribution in [0.2, 0.25) is 0 Å². The normalized spacial score (nSPS) is 10.6. The van der Waals surface area contributed by atoms with Gasteiger partial charge in [0.2, 0.25) is 0 Å².